The van der Waals surface area contributed by atoms with E-state index in [0.29, 0.717) is 5.39 Å². The summed E-state index contributed by atoms with van der Waals surface area (Å²) in [5, 5.41) is 5.49. The molecular formula is C13H13IN2O. The minimum atomic E-state index is -0.0819. The molecule has 0 aliphatic rings. The molecule has 1 heterocycles. The molecule has 1 aromatic heterocycles. The Kier molecular flexibility index (Phi) is 3.93. The quantitative estimate of drug-likeness (QED) is 0.479. The van der Waals surface area contributed by atoms with E-state index >= 15 is 0 Å². The van der Waals surface area contributed by atoms with E-state index < -0.39 is 0 Å². The van der Waals surface area contributed by atoms with Crippen LogP contribution in [0.4, 0.5) is 0 Å². The molecule has 17 heavy (non-hydrogen) atoms. The lowest BCUT2D eigenvalue weighted by molar-refractivity contribution is 0.746. The van der Waals surface area contributed by atoms with E-state index in [4.69, 9.17) is 0 Å². The van der Waals surface area contributed by atoms with Gasteiger partial charge in [0.2, 0.25) is 0 Å². The Morgan fingerprint density at radius 2 is 2.12 bits per heavy atom. The molecule has 0 aliphatic heterocycles. The van der Waals surface area contributed by atoms with Crippen molar-refractivity contribution in [2.75, 3.05) is 4.43 Å². The Morgan fingerprint density at radius 1 is 1.35 bits per heavy atom. The van der Waals surface area contributed by atoms with Gasteiger partial charge in [-0.15, -0.1) is 0 Å². The predicted octanol–water partition coefficient (Wildman–Crippen LogP) is 2.83. The van der Waals surface area contributed by atoms with Crippen LogP contribution in [0.2, 0.25) is 0 Å². The fraction of sp³-hybridized carbons (Fsp3) is 0.231. The largest absolute Gasteiger partial charge is 0.278 e. The molecule has 0 aliphatic carbocycles. The zero-order chi connectivity index (χ0) is 12.3. The van der Waals surface area contributed by atoms with Crippen molar-refractivity contribution in [2.24, 2.45) is 5.10 Å². The molecule has 0 spiro atoms. The van der Waals surface area contributed by atoms with Gasteiger partial charge < -0.3 is 0 Å². The van der Waals surface area contributed by atoms with Crippen molar-refractivity contribution < 1.29 is 0 Å². The molecule has 0 amide bonds. The summed E-state index contributed by atoms with van der Waals surface area (Å²) < 4.78 is 2.48. The zero-order valence-corrected chi connectivity index (χ0v) is 11.6. The van der Waals surface area contributed by atoms with Gasteiger partial charge in [0.25, 0.3) is 5.56 Å². The molecule has 0 bridgehead atoms. The summed E-state index contributed by atoms with van der Waals surface area (Å²) in [4.78, 5) is 12.2. The third-order valence-corrected chi connectivity index (χ3v) is 3.45. The number of aromatic nitrogens is 1. The lowest BCUT2D eigenvalue weighted by atomic mass is 10.1. The lowest BCUT2D eigenvalue weighted by Gasteiger charge is -2.08. The van der Waals surface area contributed by atoms with E-state index in [1.807, 2.05) is 30.3 Å². The lowest BCUT2D eigenvalue weighted by Crippen LogP contribution is -2.20. The number of pyridine rings is 1. The van der Waals surface area contributed by atoms with Gasteiger partial charge in [0.05, 0.1) is 0 Å². The molecule has 0 N–H and O–H groups in total. The highest BCUT2D eigenvalue weighted by Gasteiger charge is 2.07. The molecule has 3 nitrogen and oxygen atoms in total. The van der Waals surface area contributed by atoms with Crippen molar-refractivity contribution in [3.8, 4) is 0 Å². The Labute approximate surface area is 113 Å². The first-order valence-corrected chi connectivity index (χ1v) is 6.97. The Hall–Kier alpha value is -1.17. The van der Waals surface area contributed by atoms with E-state index in [1.54, 1.807) is 0 Å². The molecule has 2 rings (SSSR count). The maximum Gasteiger partial charge on any atom is 0.278 e. The van der Waals surface area contributed by atoms with Crippen molar-refractivity contribution in [1.82, 2.24) is 4.68 Å². The molecular weight excluding hydrogens is 327 g/mol. The van der Waals surface area contributed by atoms with Crippen LogP contribution in [0.5, 0.6) is 0 Å². The van der Waals surface area contributed by atoms with Crippen LogP contribution in [0.3, 0.4) is 0 Å². The maximum atomic E-state index is 12.2. The summed E-state index contributed by atoms with van der Waals surface area (Å²) in [6, 6.07) is 9.61. The Bertz CT molecular complexity index is 604. The summed E-state index contributed by atoms with van der Waals surface area (Å²) in [7, 11) is 0. The fourth-order valence-corrected chi connectivity index (χ4v) is 2.27. The molecule has 1 aromatic carbocycles. The second kappa shape index (κ2) is 5.44. The van der Waals surface area contributed by atoms with Gasteiger partial charge in [-0.1, -0.05) is 40.8 Å². The average molecular weight is 340 g/mol. The van der Waals surface area contributed by atoms with Crippen molar-refractivity contribution in [1.29, 1.82) is 0 Å². The summed E-state index contributed by atoms with van der Waals surface area (Å²) >= 11 is 2.33. The number of alkyl halides is 1. The van der Waals surface area contributed by atoms with E-state index in [2.05, 4.69) is 34.4 Å². The third-order valence-electron chi connectivity index (χ3n) is 2.69. The van der Waals surface area contributed by atoms with Gasteiger partial charge in [0.1, 0.15) is 0 Å². The molecule has 0 radical (unpaired) electrons. The van der Waals surface area contributed by atoms with Gasteiger partial charge in [-0.05, 0) is 34.8 Å². The third kappa shape index (κ3) is 2.41. The highest BCUT2D eigenvalue weighted by molar-refractivity contribution is 14.1. The van der Waals surface area contributed by atoms with Crippen LogP contribution in [-0.2, 0) is 6.42 Å². The summed E-state index contributed by atoms with van der Waals surface area (Å²) in [5.41, 5.74) is 0.849. The van der Waals surface area contributed by atoms with E-state index in [9.17, 15) is 4.79 Å². The van der Waals surface area contributed by atoms with Crippen LogP contribution in [0.1, 0.15) is 12.1 Å². The standard InChI is InChI=1S/C13H13IN2O/c1-15-16-11(6-4-8-14)9-10-5-2-3-7-12(10)13(16)17/h2-3,5,7,9H,1,4,6,8H2. The highest BCUT2D eigenvalue weighted by atomic mass is 127. The van der Waals surface area contributed by atoms with Crippen LogP contribution < -0.4 is 5.56 Å². The topological polar surface area (TPSA) is 34.4 Å². The van der Waals surface area contributed by atoms with Crippen LogP contribution in [0, 0.1) is 0 Å². The van der Waals surface area contributed by atoms with Gasteiger partial charge >= 0.3 is 0 Å². The molecule has 4 heteroatoms. The number of benzene rings is 1. The second-order valence-corrected chi connectivity index (χ2v) is 4.85. The van der Waals surface area contributed by atoms with Crippen molar-refractivity contribution >= 4 is 40.1 Å². The number of fused-ring (bicyclic) bond motifs is 1. The first-order chi connectivity index (χ1) is 8.27. The molecule has 0 saturated heterocycles. The zero-order valence-electron chi connectivity index (χ0n) is 9.40. The van der Waals surface area contributed by atoms with Crippen molar-refractivity contribution in [2.45, 2.75) is 12.8 Å². The van der Waals surface area contributed by atoms with Crippen LogP contribution in [-0.4, -0.2) is 15.8 Å². The summed E-state index contributed by atoms with van der Waals surface area (Å²) in [6.45, 7) is 3.48. The fourth-order valence-electron chi connectivity index (χ4n) is 1.88. The van der Waals surface area contributed by atoms with E-state index in [1.165, 1.54) is 4.68 Å². The minimum absolute atomic E-state index is 0.0819. The molecule has 2 aromatic rings. The number of nitrogens with zero attached hydrogens (tertiary/aromatic N) is 2. The van der Waals surface area contributed by atoms with Gasteiger partial charge in [0, 0.05) is 17.8 Å². The second-order valence-electron chi connectivity index (χ2n) is 3.77. The van der Waals surface area contributed by atoms with Crippen LogP contribution in [0.15, 0.2) is 40.2 Å². The highest BCUT2D eigenvalue weighted by Crippen LogP contribution is 2.13. The van der Waals surface area contributed by atoms with E-state index in [-0.39, 0.29) is 5.56 Å². The van der Waals surface area contributed by atoms with Crippen molar-refractivity contribution in [3.63, 3.8) is 0 Å². The van der Waals surface area contributed by atoms with Crippen LogP contribution >= 0.6 is 22.6 Å². The normalized spacial score (nSPS) is 10.6. The number of hydrogen-bond acceptors (Lipinski definition) is 2. The van der Waals surface area contributed by atoms with Gasteiger partial charge in [-0.2, -0.15) is 5.10 Å². The first kappa shape index (κ1) is 12.3. The monoisotopic (exact) mass is 340 g/mol. The number of aryl methyl sites for hydroxylation is 1. The Balaban J connectivity index is 2.66. The SMILES string of the molecule is C=Nn1c(CCCI)cc2ccccc2c1=O. The molecule has 0 saturated carbocycles. The molecule has 88 valence electrons. The molecule has 0 fully saturated rings. The van der Waals surface area contributed by atoms with Gasteiger partial charge in [-0.25, -0.2) is 4.68 Å². The predicted molar refractivity (Wildman–Crippen MR) is 80.4 cm³/mol. The van der Waals surface area contributed by atoms with Crippen LogP contribution in [0.25, 0.3) is 10.8 Å². The van der Waals surface area contributed by atoms with Crippen molar-refractivity contribution in [3.05, 3.63) is 46.4 Å². The summed E-state index contributed by atoms with van der Waals surface area (Å²) in [5.74, 6) is 0. The first-order valence-electron chi connectivity index (χ1n) is 5.44. The number of hydrogen-bond donors (Lipinski definition) is 0. The Morgan fingerprint density at radius 3 is 2.82 bits per heavy atom. The van der Waals surface area contributed by atoms with Gasteiger partial charge in [-0.3, -0.25) is 4.79 Å². The average Bonchev–Trinajstić information content (AvgIpc) is 2.36. The minimum Gasteiger partial charge on any atom is -0.267 e. The number of rotatable bonds is 4. The smallest absolute Gasteiger partial charge is 0.267 e. The molecule has 0 unspecified atom stereocenters. The summed E-state index contributed by atoms with van der Waals surface area (Å²) in [6.07, 6.45) is 1.88. The molecule has 0 atom stereocenters. The van der Waals surface area contributed by atoms with E-state index in [0.717, 1.165) is 28.3 Å². The number of halogens is 1. The maximum absolute atomic E-state index is 12.2. The van der Waals surface area contributed by atoms with Gasteiger partial charge in [0.15, 0.2) is 0 Å².